The first-order valence-corrected chi connectivity index (χ1v) is 14.5. The van der Waals surface area contributed by atoms with Crippen LogP contribution in [-0.2, 0) is 32.7 Å². The number of H-pyrrole nitrogens is 1. The molecule has 2 amide bonds. The molecule has 0 radical (unpaired) electrons. The Bertz CT molecular complexity index is 1220. The second kappa shape index (κ2) is 13.3. The third-order valence-electron chi connectivity index (χ3n) is 7.99. The number of rotatable bonds is 12. The summed E-state index contributed by atoms with van der Waals surface area (Å²) in [7, 11) is 1.67. The Labute approximate surface area is 233 Å². The topological polar surface area (TPSA) is 65.6 Å². The van der Waals surface area contributed by atoms with E-state index in [1.807, 2.05) is 23.2 Å². The third-order valence-corrected chi connectivity index (χ3v) is 7.99. The molecule has 0 unspecified atom stereocenters. The lowest BCUT2D eigenvalue weighted by molar-refractivity contribution is -0.143. The number of carbonyl (C=O) groups excluding carboxylic acids is 2. The molecule has 0 aliphatic heterocycles. The first-order chi connectivity index (χ1) is 18.8. The zero-order valence-corrected chi connectivity index (χ0v) is 24.2. The van der Waals surface area contributed by atoms with Crippen LogP contribution < -0.4 is 0 Å². The van der Waals surface area contributed by atoms with Gasteiger partial charge in [0.25, 0.3) is 0 Å². The number of hydrogen-bond donors (Lipinski definition) is 1. The predicted octanol–water partition coefficient (Wildman–Crippen LogP) is 6.09. The zero-order valence-electron chi connectivity index (χ0n) is 24.2. The first-order valence-electron chi connectivity index (χ1n) is 14.5. The molecule has 0 spiro atoms. The summed E-state index contributed by atoms with van der Waals surface area (Å²) in [6.45, 7) is 8.97. The molecule has 39 heavy (non-hydrogen) atoms. The summed E-state index contributed by atoms with van der Waals surface area (Å²) in [5.74, 6) is 0.173. The minimum atomic E-state index is -0.00139. The molecule has 2 aromatic carbocycles. The SMILES string of the molecule is COCCCN(CC(=O)N(CCc1c[nH]c2ccccc12)Cc1ccc(C(C)(C)C)cc1)C(=O)C1CCCC1. The molecule has 0 bridgehead atoms. The molecule has 6 heteroatoms. The van der Waals surface area contributed by atoms with Crippen LogP contribution >= 0.6 is 0 Å². The van der Waals surface area contributed by atoms with Gasteiger partial charge in [0.1, 0.15) is 0 Å². The number of fused-ring (bicyclic) bond motifs is 1. The molecule has 1 aromatic heterocycles. The van der Waals surface area contributed by atoms with E-state index in [-0.39, 0.29) is 29.7 Å². The fourth-order valence-electron chi connectivity index (χ4n) is 5.58. The molecule has 4 rings (SSSR count). The summed E-state index contributed by atoms with van der Waals surface area (Å²) in [4.78, 5) is 34.3. The lowest BCUT2D eigenvalue weighted by Gasteiger charge is -2.29. The van der Waals surface area contributed by atoms with Crippen molar-refractivity contribution < 1.29 is 14.3 Å². The van der Waals surface area contributed by atoms with Crippen molar-refractivity contribution in [2.24, 2.45) is 5.92 Å². The van der Waals surface area contributed by atoms with Crippen molar-refractivity contribution in [1.29, 1.82) is 0 Å². The molecule has 1 saturated carbocycles. The van der Waals surface area contributed by atoms with E-state index in [9.17, 15) is 9.59 Å². The van der Waals surface area contributed by atoms with E-state index in [1.165, 1.54) is 16.5 Å². The Morgan fingerprint density at radius 2 is 1.69 bits per heavy atom. The van der Waals surface area contributed by atoms with Gasteiger partial charge in [-0.1, -0.05) is 76.1 Å². The van der Waals surface area contributed by atoms with Crippen LogP contribution in [0, 0.1) is 5.92 Å². The van der Waals surface area contributed by atoms with Crippen LogP contribution in [0.3, 0.4) is 0 Å². The largest absolute Gasteiger partial charge is 0.385 e. The van der Waals surface area contributed by atoms with Gasteiger partial charge in [0.2, 0.25) is 11.8 Å². The van der Waals surface area contributed by atoms with E-state index in [4.69, 9.17) is 4.74 Å². The quantitative estimate of drug-likeness (QED) is 0.288. The van der Waals surface area contributed by atoms with Gasteiger partial charge in [-0.2, -0.15) is 0 Å². The number of ether oxygens (including phenoxy) is 1. The Morgan fingerprint density at radius 3 is 2.38 bits per heavy atom. The van der Waals surface area contributed by atoms with Crippen LogP contribution in [0.15, 0.2) is 54.7 Å². The van der Waals surface area contributed by atoms with E-state index < -0.39 is 0 Å². The van der Waals surface area contributed by atoms with Gasteiger partial charge >= 0.3 is 0 Å². The first kappa shape index (κ1) is 28.9. The van der Waals surface area contributed by atoms with Crippen molar-refractivity contribution in [3.05, 3.63) is 71.4 Å². The summed E-state index contributed by atoms with van der Waals surface area (Å²) in [6, 6.07) is 16.9. The number of para-hydroxylation sites is 1. The third kappa shape index (κ3) is 7.72. The number of nitrogens with one attached hydrogen (secondary N) is 1. The van der Waals surface area contributed by atoms with E-state index >= 15 is 0 Å². The number of carbonyl (C=O) groups is 2. The molecule has 1 heterocycles. The fourth-order valence-corrected chi connectivity index (χ4v) is 5.58. The van der Waals surface area contributed by atoms with E-state index in [0.717, 1.165) is 49.6 Å². The second-order valence-corrected chi connectivity index (χ2v) is 12.0. The van der Waals surface area contributed by atoms with Crippen LogP contribution in [-0.4, -0.2) is 59.9 Å². The molecule has 6 nitrogen and oxygen atoms in total. The van der Waals surface area contributed by atoms with Crippen molar-refractivity contribution in [3.8, 4) is 0 Å². The van der Waals surface area contributed by atoms with Gasteiger partial charge in [-0.05, 0) is 53.9 Å². The minimum Gasteiger partial charge on any atom is -0.385 e. The van der Waals surface area contributed by atoms with Crippen molar-refractivity contribution in [2.75, 3.05) is 33.4 Å². The average molecular weight is 532 g/mol. The van der Waals surface area contributed by atoms with Gasteiger partial charge in [0, 0.05) is 56.4 Å². The number of aromatic amines is 1. The van der Waals surface area contributed by atoms with Crippen molar-refractivity contribution >= 4 is 22.7 Å². The molecule has 1 aliphatic rings. The standard InChI is InChI=1S/C33H45N3O3/c1-33(2,3)28-16-14-25(15-17-28)23-35(20-18-27-22-34-30-13-8-7-12-29(27)30)31(37)24-36(19-9-21-39-4)32(38)26-10-5-6-11-26/h7-8,12-17,22,26,34H,5-6,9-11,18-21,23-24H2,1-4H3. The molecule has 0 atom stereocenters. The van der Waals surface area contributed by atoms with Gasteiger partial charge in [-0.25, -0.2) is 0 Å². The maximum Gasteiger partial charge on any atom is 0.242 e. The summed E-state index contributed by atoms with van der Waals surface area (Å²) < 4.78 is 5.24. The van der Waals surface area contributed by atoms with Crippen molar-refractivity contribution in [2.45, 2.75) is 71.3 Å². The van der Waals surface area contributed by atoms with E-state index in [2.05, 4.69) is 62.2 Å². The zero-order chi connectivity index (χ0) is 27.8. The summed E-state index contributed by atoms with van der Waals surface area (Å²) >= 11 is 0. The predicted molar refractivity (Wildman–Crippen MR) is 158 cm³/mol. The highest BCUT2D eigenvalue weighted by Gasteiger charge is 2.29. The fraction of sp³-hybridized carbons (Fsp3) is 0.515. The van der Waals surface area contributed by atoms with Gasteiger partial charge in [-0.3, -0.25) is 9.59 Å². The Hall–Kier alpha value is -3.12. The Morgan fingerprint density at radius 1 is 0.974 bits per heavy atom. The highest BCUT2D eigenvalue weighted by Crippen LogP contribution is 2.27. The number of aromatic nitrogens is 1. The highest BCUT2D eigenvalue weighted by molar-refractivity contribution is 5.86. The molecule has 3 aromatic rings. The van der Waals surface area contributed by atoms with Gasteiger partial charge in [-0.15, -0.1) is 0 Å². The van der Waals surface area contributed by atoms with Crippen LogP contribution in [0.25, 0.3) is 10.9 Å². The maximum atomic E-state index is 13.9. The van der Waals surface area contributed by atoms with Crippen molar-refractivity contribution in [3.63, 3.8) is 0 Å². The minimum absolute atomic E-state index is 0.00139. The second-order valence-electron chi connectivity index (χ2n) is 12.0. The van der Waals surface area contributed by atoms with Gasteiger partial charge in [0.15, 0.2) is 0 Å². The Kier molecular flexibility index (Phi) is 9.84. The molecule has 1 N–H and O–H groups in total. The van der Waals surface area contributed by atoms with Crippen LogP contribution in [0.5, 0.6) is 0 Å². The molecule has 0 saturated heterocycles. The molecule has 1 aliphatic carbocycles. The van der Waals surface area contributed by atoms with Crippen molar-refractivity contribution in [1.82, 2.24) is 14.8 Å². The maximum absolute atomic E-state index is 13.9. The molecule has 1 fully saturated rings. The normalized spacial score (nSPS) is 14.2. The highest BCUT2D eigenvalue weighted by atomic mass is 16.5. The number of benzene rings is 2. The number of amides is 2. The van der Waals surface area contributed by atoms with Crippen LogP contribution in [0.4, 0.5) is 0 Å². The number of hydrogen-bond acceptors (Lipinski definition) is 3. The summed E-state index contributed by atoms with van der Waals surface area (Å²) in [6.07, 6.45) is 7.57. The summed E-state index contributed by atoms with van der Waals surface area (Å²) in [5.41, 5.74) is 4.75. The number of methoxy groups -OCH3 is 1. The lowest BCUT2D eigenvalue weighted by Crippen LogP contribution is -2.45. The molecular weight excluding hydrogens is 486 g/mol. The van der Waals surface area contributed by atoms with Crippen LogP contribution in [0.2, 0.25) is 0 Å². The average Bonchev–Trinajstić information content (AvgIpc) is 3.60. The van der Waals surface area contributed by atoms with Gasteiger partial charge in [0.05, 0.1) is 6.54 Å². The summed E-state index contributed by atoms with van der Waals surface area (Å²) in [5, 5.41) is 1.19. The number of nitrogens with zero attached hydrogens (tertiary/aromatic N) is 2. The monoisotopic (exact) mass is 531 g/mol. The van der Waals surface area contributed by atoms with E-state index in [0.29, 0.717) is 26.2 Å². The Balaban J connectivity index is 1.52. The molecule has 210 valence electrons. The van der Waals surface area contributed by atoms with Gasteiger partial charge < -0.3 is 19.5 Å². The lowest BCUT2D eigenvalue weighted by atomic mass is 9.87. The van der Waals surface area contributed by atoms with E-state index in [1.54, 1.807) is 12.0 Å². The smallest absolute Gasteiger partial charge is 0.242 e. The molecular formula is C33H45N3O3. The van der Waals surface area contributed by atoms with Crippen LogP contribution in [0.1, 0.15) is 69.6 Å².